The molecule has 0 aliphatic rings. The number of carbonyl (C=O) groups excluding carboxylic acids is 2. The number of ether oxygens (including phenoxy) is 1. The number of benzene rings is 3. The van der Waals surface area contributed by atoms with E-state index in [1.807, 2.05) is 57.2 Å². The lowest BCUT2D eigenvalue weighted by Crippen LogP contribution is -2.22. The Hall–Kier alpha value is -2.96. The smallest absolute Gasteiger partial charge is 0.255 e. The average molecular weight is 469 g/mol. The molecule has 7 heteroatoms. The summed E-state index contributed by atoms with van der Waals surface area (Å²) < 4.78 is 5.33. The van der Waals surface area contributed by atoms with E-state index in [4.69, 9.17) is 16.3 Å². The maximum Gasteiger partial charge on any atom is 0.255 e. The van der Waals surface area contributed by atoms with Crippen molar-refractivity contribution in [2.24, 2.45) is 0 Å². The summed E-state index contributed by atoms with van der Waals surface area (Å²) in [5.41, 5.74) is 3.78. The standard InChI is InChI=1S/C25H25ClN2O3S/c1-15-8-10-18(11-9-15)25(30)27-19-6-5-7-20(13-19)32-17(3)24(29)28-22-12-16(2)21(26)14-23(22)31-4/h5-14,17H,1-4H3,(H,27,30)(H,28,29). The zero-order valence-corrected chi connectivity index (χ0v) is 19.9. The van der Waals surface area contributed by atoms with Crippen molar-refractivity contribution in [2.45, 2.75) is 30.9 Å². The number of amides is 2. The van der Waals surface area contributed by atoms with Gasteiger partial charge in [-0.15, -0.1) is 11.8 Å². The van der Waals surface area contributed by atoms with Gasteiger partial charge in [-0.2, -0.15) is 0 Å². The summed E-state index contributed by atoms with van der Waals surface area (Å²) in [6.45, 7) is 5.67. The number of thioether (sulfide) groups is 1. The van der Waals surface area contributed by atoms with Crippen LogP contribution in [0, 0.1) is 13.8 Å². The molecular weight excluding hydrogens is 444 g/mol. The number of rotatable bonds is 7. The van der Waals surface area contributed by atoms with Gasteiger partial charge < -0.3 is 15.4 Å². The number of hydrogen-bond acceptors (Lipinski definition) is 4. The minimum absolute atomic E-state index is 0.163. The molecule has 32 heavy (non-hydrogen) atoms. The highest BCUT2D eigenvalue weighted by molar-refractivity contribution is 8.00. The molecule has 0 heterocycles. The topological polar surface area (TPSA) is 67.4 Å². The summed E-state index contributed by atoms with van der Waals surface area (Å²) in [6, 6.07) is 18.3. The second-order valence-corrected chi connectivity index (χ2v) is 9.22. The molecular formula is C25H25ClN2O3S. The van der Waals surface area contributed by atoms with Crippen molar-refractivity contribution >= 4 is 46.6 Å². The van der Waals surface area contributed by atoms with Crippen molar-refractivity contribution in [1.82, 2.24) is 0 Å². The van der Waals surface area contributed by atoms with Crippen molar-refractivity contribution in [3.05, 3.63) is 82.4 Å². The van der Waals surface area contributed by atoms with Crippen molar-refractivity contribution in [2.75, 3.05) is 17.7 Å². The Bertz CT molecular complexity index is 1130. The van der Waals surface area contributed by atoms with E-state index in [9.17, 15) is 9.59 Å². The molecule has 0 aliphatic carbocycles. The first kappa shape index (κ1) is 23.7. The van der Waals surface area contributed by atoms with Crippen LogP contribution in [0.25, 0.3) is 0 Å². The maximum atomic E-state index is 12.8. The van der Waals surface area contributed by atoms with E-state index in [0.717, 1.165) is 16.0 Å². The predicted molar refractivity (Wildman–Crippen MR) is 132 cm³/mol. The van der Waals surface area contributed by atoms with Crippen LogP contribution in [0.3, 0.4) is 0 Å². The van der Waals surface area contributed by atoms with E-state index in [0.29, 0.717) is 27.7 Å². The Morgan fingerprint density at radius 3 is 2.41 bits per heavy atom. The molecule has 0 aromatic heterocycles. The lowest BCUT2D eigenvalue weighted by atomic mass is 10.1. The molecule has 1 unspecified atom stereocenters. The van der Waals surface area contributed by atoms with Crippen LogP contribution < -0.4 is 15.4 Å². The van der Waals surface area contributed by atoms with Gasteiger partial charge in [-0.3, -0.25) is 9.59 Å². The van der Waals surface area contributed by atoms with Gasteiger partial charge in [0, 0.05) is 27.2 Å². The van der Waals surface area contributed by atoms with Crippen LogP contribution in [-0.2, 0) is 4.79 Å². The molecule has 2 amide bonds. The summed E-state index contributed by atoms with van der Waals surface area (Å²) in [4.78, 5) is 26.1. The van der Waals surface area contributed by atoms with Gasteiger partial charge in [0.15, 0.2) is 0 Å². The Labute approximate surface area is 197 Å². The molecule has 166 valence electrons. The fraction of sp³-hybridized carbons (Fsp3) is 0.200. The third kappa shape index (κ3) is 6.05. The average Bonchev–Trinajstić information content (AvgIpc) is 2.76. The van der Waals surface area contributed by atoms with Gasteiger partial charge in [-0.1, -0.05) is 35.4 Å². The minimum Gasteiger partial charge on any atom is -0.495 e. The Morgan fingerprint density at radius 1 is 1.00 bits per heavy atom. The molecule has 0 spiro atoms. The molecule has 0 radical (unpaired) electrons. The molecule has 0 fully saturated rings. The van der Waals surface area contributed by atoms with E-state index >= 15 is 0 Å². The second-order valence-electron chi connectivity index (χ2n) is 7.40. The van der Waals surface area contributed by atoms with E-state index in [2.05, 4.69) is 10.6 Å². The highest BCUT2D eigenvalue weighted by Gasteiger charge is 2.18. The summed E-state index contributed by atoms with van der Waals surface area (Å²) in [5.74, 6) is 0.166. The van der Waals surface area contributed by atoms with Crippen LogP contribution in [0.4, 0.5) is 11.4 Å². The number of halogens is 1. The van der Waals surface area contributed by atoms with E-state index in [1.165, 1.54) is 18.9 Å². The van der Waals surface area contributed by atoms with Gasteiger partial charge in [0.25, 0.3) is 5.91 Å². The number of anilines is 2. The normalized spacial score (nSPS) is 11.5. The fourth-order valence-corrected chi connectivity index (χ4v) is 4.06. The zero-order valence-electron chi connectivity index (χ0n) is 18.4. The largest absolute Gasteiger partial charge is 0.495 e. The quantitative estimate of drug-likeness (QED) is 0.397. The minimum atomic E-state index is -0.376. The molecule has 3 rings (SSSR count). The first-order valence-corrected chi connectivity index (χ1v) is 11.3. The SMILES string of the molecule is COc1cc(Cl)c(C)cc1NC(=O)C(C)Sc1cccc(NC(=O)c2ccc(C)cc2)c1. The Morgan fingerprint density at radius 2 is 1.72 bits per heavy atom. The predicted octanol–water partition coefficient (Wildman–Crippen LogP) is 6.34. The molecule has 0 bridgehead atoms. The Balaban J connectivity index is 1.66. The van der Waals surface area contributed by atoms with Gasteiger partial charge in [-0.05, 0) is 62.7 Å². The highest BCUT2D eigenvalue weighted by Crippen LogP contribution is 2.32. The maximum absolute atomic E-state index is 12.8. The van der Waals surface area contributed by atoms with Crippen molar-refractivity contribution < 1.29 is 14.3 Å². The van der Waals surface area contributed by atoms with Gasteiger partial charge >= 0.3 is 0 Å². The van der Waals surface area contributed by atoms with Crippen LogP contribution in [-0.4, -0.2) is 24.2 Å². The molecule has 2 N–H and O–H groups in total. The Kier molecular flexibility index (Phi) is 7.83. The van der Waals surface area contributed by atoms with E-state index in [1.54, 1.807) is 24.3 Å². The van der Waals surface area contributed by atoms with Crippen molar-refractivity contribution in [3.8, 4) is 5.75 Å². The van der Waals surface area contributed by atoms with Gasteiger partial charge in [0.2, 0.25) is 5.91 Å². The summed E-state index contributed by atoms with van der Waals surface area (Å²) in [7, 11) is 1.53. The number of aryl methyl sites for hydroxylation is 2. The number of hydrogen-bond donors (Lipinski definition) is 2. The highest BCUT2D eigenvalue weighted by atomic mass is 35.5. The van der Waals surface area contributed by atoms with Gasteiger partial charge in [0.05, 0.1) is 18.0 Å². The van der Waals surface area contributed by atoms with Crippen LogP contribution in [0.5, 0.6) is 5.75 Å². The zero-order chi connectivity index (χ0) is 23.3. The molecule has 0 aliphatic heterocycles. The van der Waals surface area contributed by atoms with Crippen LogP contribution in [0.15, 0.2) is 65.6 Å². The van der Waals surface area contributed by atoms with Gasteiger partial charge in [0.1, 0.15) is 5.75 Å². The lowest BCUT2D eigenvalue weighted by molar-refractivity contribution is -0.115. The molecule has 3 aromatic rings. The summed E-state index contributed by atoms with van der Waals surface area (Å²) in [5, 5.41) is 6.01. The molecule has 3 aromatic carbocycles. The molecule has 0 saturated heterocycles. The van der Waals surface area contributed by atoms with Crippen LogP contribution in [0.2, 0.25) is 5.02 Å². The van der Waals surface area contributed by atoms with Crippen molar-refractivity contribution in [3.63, 3.8) is 0 Å². The molecule has 5 nitrogen and oxygen atoms in total. The van der Waals surface area contributed by atoms with E-state index < -0.39 is 0 Å². The first-order chi connectivity index (χ1) is 15.3. The summed E-state index contributed by atoms with van der Waals surface area (Å²) in [6.07, 6.45) is 0. The number of nitrogens with one attached hydrogen (secondary N) is 2. The van der Waals surface area contributed by atoms with Gasteiger partial charge in [-0.25, -0.2) is 0 Å². The summed E-state index contributed by atoms with van der Waals surface area (Å²) >= 11 is 7.54. The van der Waals surface area contributed by atoms with Crippen molar-refractivity contribution in [1.29, 1.82) is 0 Å². The number of methoxy groups -OCH3 is 1. The third-order valence-electron chi connectivity index (χ3n) is 4.83. The lowest BCUT2D eigenvalue weighted by Gasteiger charge is -2.16. The van der Waals surface area contributed by atoms with Crippen LogP contribution >= 0.6 is 23.4 Å². The first-order valence-electron chi connectivity index (χ1n) is 10.1. The van der Waals surface area contributed by atoms with E-state index in [-0.39, 0.29) is 17.1 Å². The molecule has 0 saturated carbocycles. The third-order valence-corrected chi connectivity index (χ3v) is 6.33. The fourth-order valence-electron chi connectivity index (χ4n) is 2.98. The molecule has 1 atom stereocenters. The number of carbonyl (C=O) groups is 2. The second kappa shape index (κ2) is 10.6. The monoisotopic (exact) mass is 468 g/mol. The van der Waals surface area contributed by atoms with Crippen LogP contribution in [0.1, 0.15) is 28.4 Å².